The average Bonchev–Trinajstić information content (AvgIpc) is 3.37. The van der Waals surface area contributed by atoms with E-state index in [4.69, 9.17) is 97.1 Å². The van der Waals surface area contributed by atoms with Crippen molar-refractivity contribution in [2.45, 2.75) is 26.5 Å². The second-order valence-electron chi connectivity index (χ2n) is 8.43. The van der Waals surface area contributed by atoms with Gasteiger partial charge in [-0.2, -0.15) is 5.26 Å². The largest absolute Gasteiger partial charge is 0.493 e. The van der Waals surface area contributed by atoms with E-state index >= 15 is 0 Å². The molecule has 0 unspecified atom stereocenters. The van der Waals surface area contributed by atoms with Crippen LogP contribution in [0.15, 0.2) is 34.7 Å². The number of benzene rings is 1. The third kappa shape index (κ3) is 10.4. The van der Waals surface area contributed by atoms with E-state index in [0.29, 0.717) is 60.2 Å². The number of rotatable bonds is 11. The van der Waals surface area contributed by atoms with Crippen molar-refractivity contribution < 1.29 is 32.0 Å². The predicted octanol–water partition coefficient (Wildman–Crippen LogP) is 8.23. The van der Waals surface area contributed by atoms with Gasteiger partial charge in [-0.15, -0.1) is 0 Å². The highest BCUT2D eigenvalue weighted by Crippen LogP contribution is 2.54. The number of nitriles is 1. The third-order valence-corrected chi connectivity index (χ3v) is 7.62. The Hall–Kier alpha value is -1.02. The maximum atomic E-state index is 13.2. The first-order valence-electron chi connectivity index (χ1n) is 11.6. The van der Waals surface area contributed by atoms with Gasteiger partial charge < -0.3 is 18.8 Å². The van der Waals surface area contributed by atoms with E-state index in [-0.39, 0.29) is 0 Å². The molecule has 1 aliphatic heterocycles. The third-order valence-electron chi connectivity index (χ3n) is 5.52. The molecule has 2 aromatic rings. The highest BCUT2D eigenvalue weighted by Gasteiger charge is 2.38. The lowest BCUT2D eigenvalue weighted by atomic mass is 10.1. The molecule has 0 N–H and O–H groups in total. The Bertz CT molecular complexity index is 1240. The first-order valence-corrected chi connectivity index (χ1v) is 15.4. The number of halogens is 6. The van der Waals surface area contributed by atoms with Crippen LogP contribution in [0.2, 0.25) is 0 Å². The number of ether oxygens (including phenoxy) is 2. The summed E-state index contributed by atoms with van der Waals surface area (Å²) in [7, 11) is -1.17. The van der Waals surface area contributed by atoms with E-state index in [9.17, 15) is 9.83 Å². The molecule has 0 amide bonds. The van der Waals surface area contributed by atoms with Crippen LogP contribution in [-0.2, 0) is 18.1 Å². The standard InChI is InChI=1S/C24H25Cl6N2O7P/c1-34-20-5-3-16(12-21(20)35-2)17(13-31)11-19-4-6-22(38-19)32-9-7-18(8-10-32)39-40(33,36-14-23(25,26)27)37-15-24(28,29)30/h3-6,11-12,18H,7-10,14-15H2,1-2H3. The molecular weight excluding hydrogens is 672 g/mol. The van der Waals surface area contributed by atoms with Crippen LogP contribution in [0.1, 0.15) is 24.2 Å². The van der Waals surface area contributed by atoms with Crippen molar-refractivity contribution in [3.63, 3.8) is 0 Å². The predicted molar refractivity (Wildman–Crippen MR) is 158 cm³/mol. The van der Waals surface area contributed by atoms with Gasteiger partial charge in [-0.05, 0) is 48.7 Å². The lowest BCUT2D eigenvalue weighted by Crippen LogP contribution is -2.36. The van der Waals surface area contributed by atoms with Crippen molar-refractivity contribution in [3.8, 4) is 17.6 Å². The smallest absolute Gasteiger partial charge is 0.475 e. The summed E-state index contributed by atoms with van der Waals surface area (Å²) in [5, 5.41) is 9.73. The Morgan fingerprint density at radius 1 is 1.02 bits per heavy atom. The minimum Gasteiger partial charge on any atom is -0.493 e. The van der Waals surface area contributed by atoms with Gasteiger partial charge in [0.15, 0.2) is 17.4 Å². The van der Waals surface area contributed by atoms with Gasteiger partial charge in [0.1, 0.15) is 19.0 Å². The summed E-state index contributed by atoms with van der Waals surface area (Å²) in [5.41, 5.74) is 1.03. The molecule has 9 nitrogen and oxygen atoms in total. The molecule has 0 radical (unpaired) electrons. The molecule has 0 atom stereocenters. The van der Waals surface area contributed by atoms with Crippen molar-refractivity contribution >= 4 is 95.0 Å². The zero-order valence-electron chi connectivity index (χ0n) is 21.3. The Balaban J connectivity index is 1.65. The number of furan rings is 1. The van der Waals surface area contributed by atoms with Crippen LogP contribution in [-0.4, -0.2) is 54.2 Å². The molecule has 0 spiro atoms. The van der Waals surface area contributed by atoms with E-state index < -0.39 is 34.7 Å². The van der Waals surface area contributed by atoms with Crippen LogP contribution in [0.5, 0.6) is 11.5 Å². The fourth-order valence-corrected chi connectivity index (χ4v) is 5.94. The number of piperidine rings is 1. The van der Waals surface area contributed by atoms with Gasteiger partial charge >= 0.3 is 7.82 Å². The fourth-order valence-electron chi connectivity index (χ4n) is 3.68. The number of hydrogen-bond acceptors (Lipinski definition) is 9. The molecule has 40 heavy (non-hydrogen) atoms. The van der Waals surface area contributed by atoms with E-state index in [1.165, 1.54) is 14.2 Å². The number of phosphoric acid groups is 1. The molecule has 2 heterocycles. The maximum Gasteiger partial charge on any atom is 0.475 e. The van der Waals surface area contributed by atoms with E-state index in [1.54, 1.807) is 36.4 Å². The molecule has 16 heteroatoms. The van der Waals surface area contributed by atoms with Crippen LogP contribution in [0.3, 0.4) is 0 Å². The number of hydrogen-bond donors (Lipinski definition) is 0. The molecule has 0 aliphatic carbocycles. The number of anilines is 1. The second kappa shape index (κ2) is 14.4. The van der Waals surface area contributed by atoms with Gasteiger partial charge in [-0.1, -0.05) is 69.6 Å². The molecule has 1 aromatic carbocycles. The average molecular weight is 697 g/mol. The van der Waals surface area contributed by atoms with Crippen molar-refractivity contribution in [3.05, 3.63) is 41.7 Å². The highest BCUT2D eigenvalue weighted by molar-refractivity contribution is 7.48. The molecule has 3 rings (SSSR count). The van der Waals surface area contributed by atoms with Crippen LogP contribution in [0.4, 0.5) is 5.88 Å². The summed E-state index contributed by atoms with van der Waals surface area (Å²) < 4.78 is 42.0. The summed E-state index contributed by atoms with van der Waals surface area (Å²) in [6, 6.07) is 11.0. The zero-order chi connectivity index (χ0) is 29.6. The molecule has 0 bridgehead atoms. The van der Waals surface area contributed by atoms with Crippen molar-refractivity contribution in [1.29, 1.82) is 5.26 Å². The summed E-state index contributed by atoms with van der Waals surface area (Å²) in [5.74, 6) is 2.15. The Labute approximate surface area is 262 Å². The normalized spacial score (nSPS) is 15.7. The number of alkyl halides is 6. The van der Waals surface area contributed by atoms with Crippen LogP contribution >= 0.6 is 77.4 Å². The van der Waals surface area contributed by atoms with Gasteiger partial charge in [0.2, 0.25) is 7.59 Å². The van der Waals surface area contributed by atoms with Crippen LogP contribution < -0.4 is 14.4 Å². The van der Waals surface area contributed by atoms with Crippen LogP contribution in [0.25, 0.3) is 11.6 Å². The molecule has 0 saturated carbocycles. The quantitative estimate of drug-likeness (QED) is 0.131. The van der Waals surface area contributed by atoms with E-state index in [0.717, 1.165) is 0 Å². The minimum atomic E-state index is -4.23. The lowest BCUT2D eigenvalue weighted by molar-refractivity contribution is 0.0689. The summed E-state index contributed by atoms with van der Waals surface area (Å²) in [4.78, 5) is 1.98. The molecule has 1 fully saturated rings. The first-order chi connectivity index (χ1) is 18.7. The van der Waals surface area contributed by atoms with Gasteiger partial charge in [0, 0.05) is 19.2 Å². The van der Waals surface area contributed by atoms with Gasteiger partial charge in [-0.25, -0.2) is 4.57 Å². The Morgan fingerprint density at radius 2 is 1.62 bits per heavy atom. The number of phosphoric ester groups is 1. The zero-order valence-corrected chi connectivity index (χ0v) is 26.7. The molecule has 1 aliphatic rings. The number of allylic oxidation sites excluding steroid dienone is 1. The molecular formula is C24H25Cl6N2O7P. The molecule has 220 valence electrons. The molecule has 1 aromatic heterocycles. The number of methoxy groups -OCH3 is 2. The van der Waals surface area contributed by atoms with Crippen molar-refractivity contribution in [2.24, 2.45) is 0 Å². The summed E-state index contributed by atoms with van der Waals surface area (Å²) >= 11 is 34.2. The Morgan fingerprint density at radius 3 is 2.15 bits per heavy atom. The summed E-state index contributed by atoms with van der Waals surface area (Å²) in [6.45, 7) is -0.136. The maximum absolute atomic E-state index is 13.2. The van der Waals surface area contributed by atoms with Gasteiger partial charge in [0.25, 0.3) is 0 Å². The fraction of sp³-hybridized carbons (Fsp3) is 0.458. The van der Waals surface area contributed by atoms with Gasteiger partial charge in [-0.3, -0.25) is 13.6 Å². The van der Waals surface area contributed by atoms with E-state index in [2.05, 4.69) is 6.07 Å². The SMILES string of the molecule is COc1ccc(C(C#N)=Cc2ccc(N3CCC(OP(=O)(OCC(Cl)(Cl)Cl)OCC(Cl)(Cl)Cl)CC3)o2)cc1OC. The topological polar surface area (TPSA) is 103 Å². The monoisotopic (exact) mass is 694 g/mol. The van der Waals surface area contributed by atoms with Crippen molar-refractivity contribution in [2.75, 3.05) is 45.4 Å². The first kappa shape index (κ1) is 33.5. The minimum absolute atomic E-state index is 0.384. The van der Waals surface area contributed by atoms with E-state index in [1.807, 2.05) is 4.90 Å². The Kier molecular flexibility index (Phi) is 12.1. The lowest BCUT2D eigenvalue weighted by Gasteiger charge is -2.33. The number of nitrogens with zero attached hydrogens (tertiary/aromatic N) is 2. The summed E-state index contributed by atoms with van der Waals surface area (Å²) in [6.07, 6.45) is 2.01. The van der Waals surface area contributed by atoms with Crippen molar-refractivity contribution in [1.82, 2.24) is 0 Å². The highest BCUT2D eigenvalue weighted by atomic mass is 35.6. The van der Waals surface area contributed by atoms with Gasteiger partial charge in [0.05, 0.1) is 32.0 Å². The second-order valence-corrected chi connectivity index (χ2v) is 15.1. The van der Waals surface area contributed by atoms with Crippen LogP contribution in [0, 0.1) is 11.3 Å². The molecule has 1 saturated heterocycles.